The molecule has 2 saturated heterocycles. The molecule has 0 saturated carbocycles. The molecule has 0 aromatic carbocycles. The zero-order chi connectivity index (χ0) is 16.5. The van der Waals surface area contributed by atoms with Crippen LogP contribution in [0.3, 0.4) is 0 Å². The summed E-state index contributed by atoms with van der Waals surface area (Å²) in [5.74, 6) is 0.360. The van der Waals surface area contributed by atoms with E-state index in [-0.39, 0.29) is 29.9 Å². The van der Waals surface area contributed by atoms with E-state index in [1.165, 1.54) is 0 Å². The van der Waals surface area contributed by atoms with Gasteiger partial charge in [0.25, 0.3) is 0 Å². The van der Waals surface area contributed by atoms with Crippen molar-refractivity contribution in [3.8, 4) is 0 Å². The van der Waals surface area contributed by atoms with Gasteiger partial charge in [-0.3, -0.25) is 4.79 Å². The van der Waals surface area contributed by atoms with Gasteiger partial charge < -0.3 is 9.64 Å². The van der Waals surface area contributed by atoms with Crippen LogP contribution in [0.15, 0.2) is 12.2 Å². The predicted molar refractivity (Wildman–Crippen MR) is 86.7 cm³/mol. The molecule has 4 heteroatoms. The zero-order valence-corrected chi connectivity index (χ0v) is 14.4. The normalized spacial score (nSPS) is 28.2. The van der Waals surface area contributed by atoms with Crippen molar-refractivity contribution in [1.82, 2.24) is 4.90 Å². The Kier molecular flexibility index (Phi) is 4.98. The minimum Gasteiger partial charge on any atom is -0.444 e. The number of amides is 1. The van der Waals surface area contributed by atoms with E-state index in [9.17, 15) is 9.59 Å². The Morgan fingerprint density at radius 1 is 1.18 bits per heavy atom. The van der Waals surface area contributed by atoms with Gasteiger partial charge in [0.05, 0.1) is 0 Å². The molecule has 0 aromatic rings. The van der Waals surface area contributed by atoms with Gasteiger partial charge in [0.2, 0.25) is 0 Å². The number of ketones is 1. The molecule has 2 rings (SSSR count). The van der Waals surface area contributed by atoms with E-state index in [4.69, 9.17) is 4.74 Å². The fraction of sp³-hybridized carbons (Fsp3) is 0.778. The molecule has 2 aliphatic heterocycles. The van der Waals surface area contributed by atoms with E-state index in [1.54, 1.807) is 0 Å². The molecule has 2 unspecified atom stereocenters. The quantitative estimate of drug-likeness (QED) is 0.738. The number of Topliss-reactive ketones (excluding diaryl/α,β-unsaturated/α-hetero) is 1. The summed E-state index contributed by atoms with van der Waals surface area (Å²) in [5.41, 5.74) is 0.447. The number of hydrogen-bond acceptors (Lipinski definition) is 3. The highest BCUT2D eigenvalue weighted by Gasteiger charge is 2.44. The molecule has 2 heterocycles. The monoisotopic (exact) mass is 307 g/mol. The fourth-order valence-electron chi connectivity index (χ4n) is 3.70. The number of carbonyl (C=O) groups is 2. The van der Waals surface area contributed by atoms with Crippen molar-refractivity contribution in [1.29, 1.82) is 0 Å². The number of carbonyl (C=O) groups excluding carboxylic acids is 2. The largest absolute Gasteiger partial charge is 0.444 e. The number of rotatable bonds is 3. The number of fused-ring (bicyclic) bond motifs is 2. The van der Waals surface area contributed by atoms with Gasteiger partial charge in [-0.2, -0.15) is 0 Å². The standard InChI is InChI=1S/C18H29NO3/c1-12(2)9-16(20)13-10-14-7-6-8-15(11-13)19(14)17(21)22-18(3,4)5/h13-15H,1,6-11H2,2-5H3. The molecule has 2 fully saturated rings. The zero-order valence-electron chi connectivity index (χ0n) is 14.4. The van der Waals surface area contributed by atoms with Crippen LogP contribution < -0.4 is 0 Å². The van der Waals surface area contributed by atoms with Crippen molar-refractivity contribution in [3.63, 3.8) is 0 Å². The number of allylic oxidation sites excluding steroid dienone is 1. The summed E-state index contributed by atoms with van der Waals surface area (Å²) >= 11 is 0. The van der Waals surface area contributed by atoms with Crippen LogP contribution >= 0.6 is 0 Å². The van der Waals surface area contributed by atoms with E-state index in [0.717, 1.165) is 37.7 Å². The number of hydrogen-bond donors (Lipinski definition) is 0. The lowest BCUT2D eigenvalue weighted by Gasteiger charge is -2.48. The Bertz CT molecular complexity index is 449. The summed E-state index contributed by atoms with van der Waals surface area (Å²) in [6.07, 6.45) is 4.91. The van der Waals surface area contributed by atoms with Crippen LogP contribution in [-0.2, 0) is 9.53 Å². The Morgan fingerprint density at radius 3 is 2.18 bits per heavy atom. The molecule has 2 aliphatic rings. The summed E-state index contributed by atoms with van der Waals surface area (Å²) in [5, 5.41) is 0. The minimum atomic E-state index is -0.474. The first kappa shape index (κ1) is 17.0. The maximum atomic E-state index is 12.5. The molecule has 1 amide bonds. The maximum absolute atomic E-state index is 12.5. The van der Waals surface area contributed by atoms with Crippen molar-refractivity contribution >= 4 is 11.9 Å². The SMILES string of the molecule is C=C(C)CC(=O)C1CC2CCCC(C1)N2C(=O)OC(C)(C)C. The third-order valence-corrected chi connectivity index (χ3v) is 4.51. The van der Waals surface area contributed by atoms with Gasteiger partial charge in [0.15, 0.2) is 0 Å². The van der Waals surface area contributed by atoms with E-state index in [0.29, 0.717) is 6.42 Å². The number of nitrogens with zero attached hydrogens (tertiary/aromatic N) is 1. The first-order valence-corrected chi connectivity index (χ1v) is 8.36. The molecular formula is C18H29NO3. The first-order valence-electron chi connectivity index (χ1n) is 8.36. The van der Waals surface area contributed by atoms with Gasteiger partial charge in [0.1, 0.15) is 11.4 Å². The number of piperidine rings is 2. The summed E-state index contributed by atoms with van der Waals surface area (Å²) in [7, 11) is 0. The Morgan fingerprint density at radius 2 is 1.73 bits per heavy atom. The Balaban J connectivity index is 2.06. The van der Waals surface area contributed by atoms with Gasteiger partial charge in [-0.25, -0.2) is 4.79 Å². The van der Waals surface area contributed by atoms with Crippen LogP contribution in [0.4, 0.5) is 4.79 Å². The third kappa shape index (κ3) is 4.11. The molecule has 22 heavy (non-hydrogen) atoms. The summed E-state index contributed by atoms with van der Waals surface area (Å²) in [6, 6.07) is 0.308. The van der Waals surface area contributed by atoms with Crippen LogP contribution in [0.25, 0.3) is 0 Å². The first-order chi connectivity index (χ1) is 10.2. The molecule has 2 atom stereocenters. The van der Waals surface area contributed by atoms with Crippen molar-refractivity contribution in [3.05, 3.63) is 12.2 Å². The summed E-state index contributed by atoms with van der Waals surface area (Å²) < 4.78 is 5.56. The van der Waals surface area contributed by atoms with Crippen molar-refractivity contribution < 1.29 is 14.3 Å². The Hall–Kier alpha value is -1.32. The lowest BCUT2D eigenvalue weighted by Crippen LogP contribution is -2.56. The number of ether oxygens (including phenoxy) is 1. The highest BCUT2D eigenvalue weighted by Crippen LogP contribution is 2.38. The lowest BCUT2D eigenvalue weighted by molar-refractivity contribution is -0.126. The molecule has 0 aromatic heterocycles. The summed E-state index contributed by atoms with van der Waals surface area (Å²) in [6.45, 7) is 11.4. The molecular weight excluding hydrogens is 278 g/mol. The van der Waals surface area contributed by atoms with Gasteiger partial charge >= 0.3 is 6.09 Å². The van der Waals surface area contributed by atoms with Gasteiger partial charge in [-0.15, -0.1) is 0 Å². The van der Waals surface area contributed by atoms with Gasteiger partial charge in [-0.05, 0) is 59.8 Å². The average molecular weight is 307 g/mol. The van der Waals surface area contributed by atoms with Crippen LogP contribution in [0.1, 0.15) is 66.2 Å². The highest BCUT2D eigenvalue weighted by molar-refractivity contribution is 5.83. The summed E-state index contributed by atoms with van der Waals surface area (Å²) in [4.78, 5) is 26.8. The van der Waals surface area contributed by atoms with Gasteiger partial charge in [0, 0.05) is 24.4 Å². The highest BCUT2D eigenvalue weighted by atomic mass is 16.6. The van der Waals surface area contributed by atoms with Crippen LogP contribution in [-0.4, -0.2) is 34.5 Å². The Labute approximate surface area is 133 Å². The van der Waals surface area contributed by atoms with E-state index >= 15 is 0 Å². The fourth-order valence-corrected chi connectivity index (χ4v) is 3.70. The smallest absolute Gasteiger partial charge is 0.410 e. The molecule has 2 bridgehead atoms. The lowest BCUT2D eigenvalue weighted by atomic mass is 9.76. The third-order valence-electron chi connectivity index (χ3n) is 4.51. The predicted octanol–water partition coefficient (Wildman–Crippen LogP) is 4.09. The maximum Gasteiger partial charge on any atom is 0.410 e. The van der Waals surface area contributed by atoms with Crippen LogP contribution in [0, 0.1) is 5.92 Å². The molecule has 124 valence electrons. The second kappa shape index (κ2) is 6.43. The minimum absolute atomic E-state index is 0.0747. The second-order valence-electron chi connectivity index (χ2n) is 7.89. The van der Waals surface area contributed by atoms with E-state index in [1.807, 2.05) is 32.6 Å². The second-order valence-corrected chi connectivity index (χ2v) is 7.89. The van der Waals surface area contributed by atoms with Crippen molar-refractivity contribution in [2.24, 2.45) is 5.92 Å². The molecule has 0 radical (unpaired) electrons. The molecule has 0 spiro atoms. The van der Waals surface area contributed by atoms with Crippen LogP contribution in [0.5, 0.6) is 0 Å². The van der Waals surface area contributed by atoms with Gasteiger partial charge in [-0.1, -0.05) is 12.2 Å². The van der Waals surface area contributed by atoms with E-state index < -0.39 is 5.60 Å². The van der Waals surface area contributed by atoms with E-state index in [2.05, 4.69) is 6.58 Å². The molecule has 4 nitrogen and oxygen atoms in total. The molecule has 0 N–H and O–H groups in total. The van der Waals surface area contributed by atoms with Crippen molar-refractivity contribution in [2.75, 3.05) is 0 Å². The average Bonchev–Trinajstić information content (AvgIpc) is 2.34. The topological polar surface area (TPSA) is 46.6 Å². The van der Waals surface area contributed by atoms with Crippen LogP contribution in [0.2, 0.25) is 0 Å². The molecule has 0 aliphatic carbocycles. The van der Waals surface area contributed by atoms with Crippen molar-refractivity contribution in [2.45, 2.75) is 83.9 Å².